The van der Waals surface area contributed by atoms with Crippen LogP contribution < -0.4 is 5.63 Å². The third kappa shape index (κ3) is 2.34. The van der Waals surface area contributed by atoms with E-state index >= 15 is 0 Å². The fourth-order valence-corrected chi connectivity index (χ4v) is 3.40. The van der Waals surface area contributed by atoms with E-state index in [0.717, 1.165) is 16.5 Å². The zero-order valence-corrected chi connectivity index (χ0v) is 14.5. The van der Waals surface area contributed by atoms with E-state index in [0.29, 0.717) is 28.0 Å². The molecule has 4 nitrogen and oxygen atoms in total. The highest BCUT2D eigenvalue weighted by Gasteiger charge is 2.22. The van der Waals surface area contributed by atoms with Gasteiger partial charge in [-0.25, -0.2) is 4.79 Å². The van der Waals surface area contributed by atoms with E-state index in [2.05, 4.69) is 6.07 Å². The van der Waals surface area contributed by atoms with Crippen LogP contribution in [-0.4, -0.2) is 4.57 Å². The van der Waals surface area contributed by atoms with Crippen molar-refractivity contribution in [3.63, 3.8) is 0 Å². The second-order valence-electron chi connectivity index (χ2n) is 6.24. The molecule has 4 heteroatoms. The highest BCUT2D eigenvalue weighted by Crippen LogP contribution is 2.37. The molecule has 0 fully saturated rings. The molecule has 0 aliphatic rings. The Balaban J connectivity index is 2.13. The molecule has 0 bridgehead atoms. The lowest BCUT2D eigenvalue weighted by Crippen LogP contribution is -2.08. The SMILES string of the molecule is Cc1c(-c2cn(C)c3ccccc23)c(C#N)c(-c2ccccc2)oc1=O. The minimum atomic E-state index is -0.425. The van der Waals surface area contributed by atoms with E-state index in [4.69, 9.17) is 4.42 Å². The quantitative estimate of drug-likeness (QED) is 0.534. The van der Waals surface area contributed by atoms with Crippen LogP contribution in [0.5, 0.6) is 0 Å². The largest absolute Gasteiger partial charge is 0.421 e. The number of benzene rings is 2. The lowest BCUT2D eigenvalue weighted by atomic mass is 9.94. The van der Waals surface area contributed by atoms with Gasteiger partial charge in [0.2, 0.25) is 0 Å². The van der Waals surface area contributed by atoms with Crippen LogP contribution in [0.3, 0.4) is 0 Å². The Morgan fingerprint density at radius 3 is 2.46 bits per heavy atom. The molecule has 4 rings (SSSR count). The molecule has 0 N–H and O–H groups in total. The van der Waals surface area contributed by atoms with Crippen LogP contribution >= 0.6 is 0 Å². The van der Waals surface area contributed by atoms with E-state index in [1.165, 1.54) is 0 Å². The molecule has 126 valence electrons. The summed E-state index contributed by atoms with van der Waals surface area (Å²) in [6.45, 7) is 1.71. The molecule has 2 aromatic carbocycles. The summed E-state index contributed by atoms with van der Waals surface area (Å²) >= 11 is 0. The first-order chi connectivity index (χ1) is 12.6. The molecule has 2 aromatic heterocycles. The van der Waals surface area contributed by atoms with Crippen LogP contribution in [0.25, 0.3) is 33.4 Å². The van der Waals surface area contributed by atoms with Crippen molar-refractivity contribution in [3.05, 3.63) is 82.3 Å². The molecule has 0 saturated heterocycles. The molecule has 0 atom stereocenters. The van der Waals surface area contributed by atoms with Gasteiger partial charge in [0.1, 0.15) is 11.6 Å². The predicted molar refractivity (Wildman–Crippen MR) is 102 cm³/mol. The summed E-state index contributed by atoms with van der Waals surface area (Å²) in [5, 5.41) is 10.9. The van der Waals surface area contributed by atoms with Crippen molar-refractivity contribution in [1.29, 1.82) is 5.26 Å². The molecule has 26 heavy (non-hydrogen) atoms. The lowest BCUT2D eigenvalue weighted by Gasteiger charge is -2.10. The fraction of sp³-hybridized carbons (Fsp3) is 0.0909. The summed E-state index contributed by atoms with van der Waals surface area (Å²) in [7, 11) is 1.96. The maximum Gasteiger partial charge on any atom is 0.339 e. The van der Waals surface area contributed by atoms with Crippen molar-refractivity contribution in [1.82, 2.24) is 4.57 Å². The van der Waals surface area contributed by atoms with E-state index in [1.54, 1.807) is 6.92 Å². The fourth-order valence-electron chi connectivity index (χ4n) is 3.40. The van der Waals surface area contributed by atoms with Gasteiger partial charge in [-0.05, 0) is 13.0 Å². The second kappa shape index (κ2) is 6.05. The zero-order valence-electron chi connectivity index (χ0n) is 14.5. The minimum absolute atomic E-state index is 0.312. The van der Waals surface area contributed by atoms with Gasteiger partial charge >= 0.3 is 5.63 Å². The average Bonchev–Trinajstić information content (AvgIpc) is 3.01. The van der Waals surface area contributed by atoms with E-state index in [-0.39, 0.29) is 0 Å². The standard InChI is InChI=1S/C22H16N2O2/c1-14-20(18-13-24(2)19-11-7-6-10-16(18)19)17(12-23)21(26-22(14)25)15-8-4-3-5-9-15/h3-11,13H,1-2H3. The molecular formula is C22H16N2O2. The number of hydrogen-bond acceptors (Lipinski definition) is 3. The average molecular weight is 340 g/mol. The topological polar surface area (TPSA) is 58.9 Å². The normalized spacial score (nSPS) is 10.8. The van der Waals surface area contributed by atoms with Crippen LogP contribution in [0.2, 0.25) is 0 Å². The van der Waals surface area contributed by atoms with Crippen molar-refractivity contribution in [2.24, 2.45) is 7.05 Å². The molecule has 2 heterocycles. The number of aromatic nitrogens is 1. The van der Waals surface area contributed by atoms with Crippen molar-refractivity contribution in [2.45, 2.75) is 6.92 Å². The van der Waals surface area contributed by atoms with Crippen LogP contribution in [0, 0.1) is 18.3 Å². The van der Waals surface area contributed by atoms with E-state index in [9.17, 15) is 10.1 Å². The number of nitriles is 1. The van der Waals surface area contributed by atoms with Crippen LogP contribution in [0.4, 0.5) is 0 Å². The third-order valence-corrected chi connectivity index (χ3v) is 4.67. The molecular weight excluding hydrogens is 324 g/mol. The molecule has 0 unspecified atom stereocenters. The van der Waals surface area contributed by atoms with Crippen LogP contribution in [-0.2, 0) is 7.05 Å². The predicted octanol–water partition coefficient (Wildman–Crippen LogP) is 4.65. The lowest BCUT2D eigenvalue weighted by molar-refractivity contribution is 0.520. The monoisotopic (exact) mass is 340 g/mol. The molecule has 4 aromatic rings. The Hall–Kier alpha value is -3.58. The first kappa shape index (κ1) is 15.9. The minimum Gasteiger partial charge on any atom is -0.421 e. The summed E-state index contributed by atoms with van der Waals surface area (Å²) in [6, 6.07) is 19.5. The molecule has 0 aliphatic carbocycles. The summed E-state index contributed by atoms with van der Waals surface area (Å²) in [4.78, 5) is 12.5. The summed E-state index contributed by atoms with van der Waals surface area (Å²) in [5.41, 5.74) is 3.65. The number of hydrogen-bond donors (Lipinski definition) is 0. The number of nitrogens with zero attached hydrogens (tertiary/aromatic N) is 2. The van der Waals surface area contributed by atoms with Gasteiger partial charge in [0.15, 0.2) is 5.76 Å². The molecule has 0 spiro atoms. The smallest absolute Gasteiger partial charge is 0.339 e. The van der Waals surface area contributed by atoms with Gasteiger partial charge in [-0.1, -0.05) is 48.5 Å². The number of para-hydroxylation sites is 1. The van der Waals surface area contributed by atoms with Crippen LogP contribution in [0.15, 0.2) is 70.0 Å². The van der Waals surface area contributed by atoms with Crippen molar-refractivity contribution >= 4 is 10.9 Å². The third-order valence-electron chi connectivity index (χ3n) is 4.67. The number of fused-ring (bicyclic) bond motifs is 1. The van der Waals surface area contributed by atoms with E-state index in [1.807, 2.05) is 72.4 Å². The van der Waals surface area contributed by atoms with Gasteiger partial charge < -0.3 is 8.98 Å². The second-order valence-corrected chi connectivity index (χ2v) is 6.24. The zero-order chi connectivity index (χ0) is 18.3. The van der Waals surface area contributed by atoms with Gasteiger partial charge in [0.05, 0.1) is 0 Å². The first-order valence-corrected chi connectivity index (χ1v) is 8.29. The van der Waals surface area contributed by atoms with E-state index < -0.39 is 5.63 Å². The Labute approximate surface area is 150 Å². The van der Waals surface area contributed by atoms with Gasteiger partial charge in [0, 0.05) is 46.4 Å². The highest BCUT2D eigenvalue weighted by molar-refractivity contribution is 5.99. The van der Waals surface area contributed by atoms with Gasteiger partial charge in [-0.15, -0.1) is 0 Å². The van der Waals surface area contributed by atoms with Gasteiger partial charge in [-0.3, -0.25) is 0 Å². The molecule has 0 amide bonds. The molecule has 0 radical (unpaired) electrons. The Morgan fingerprint density at radius 2 is 1.73 bits per heavy atom. The molecule has 0 saturated carbocycles. The number of rotatable bonds is 2. The molecule has 0 aliphatic heterocycles. The summed E-state index contributed by atoms with van der Waals surface area (Å²) in [6.07, 6.45) is 1.96. The van der Waals surface area contributed by atoms with Gasteiger partial charge in [0.25, 0.3) is 0 Å². The summed E-state index contributed by atoms with van der Waals surface area (Å²) in [5.74, 6) is 0.312. The maximum atomic E-state index is 12.5. The van der Waals surface area contributed by atoms with Gasteiger partial charge in [-0.2, -0.15) is 5.26 Å². The Morgan fingerprint density at radius 1 is 1.04 bits per heavy atom. The Kier molecular flexibility index (Phi) is 3.70. The van der Waals surface area contributed by atoms with Crippen molar-refractivity contribution in [3.8, 4) is 28.5 Å². The van der Waals surface area contributed by atoms with Crippen LogP contribution in [0.1, 0.15) is 11.1 Å². The van der Waals surface area contributed by atoms with Crippen molar-refractivity contribution < 1.29 is 4.42 Å². The number of aryl methyl sites for hydroxylation is 1. The Bertz CT molecular complexity index is 1220. The highest BCUT2D eigenvalue weighted by atomic mass is 16.4. The van der Waals surface area contributed by atoms with Crippen molar-refractivity contribution in [2.75, 3.05) is 0 Å². The maximum absolute atomic E-state index is 12.5. The first-order valence-electron chi connectivity index (χ1n) is 8.29. The summed E-state index contributed by atoms with van der Waals surface area (Å²) < 4.78 is 7.51.